The number of para-hydroxylation sites is 1. The first-order chi connectivity index (χ1) is 15.6. The van der Waals surface area contributed by atoms with Crippen LogP contribution < -0.4 is 4.31 Å². The summed E-state index contributed by atoms with van der Waals surface area (Å²) in [6, 6.07) is 18.3. The molecular formula is C27H36N2O2S. The average molecular weight is 453 g/mol. The Kier molecular flexibility index (Phi) is 9.54. The van der Waals surface area contributed by atoms with Crippen LogP contribution in [0.3, 0.4) is 0 Å². The van der Waals surface area contributed by atoms with Crippen LogP contribution in [0.5, 0.6) is 0 Å². The zero-order chi connectivity index (χ0) is 22.7. The molecule has 5 heteroatoms. The van der Waals surface area contributed by atoms with Gasteiger partial charge < -0.3 is 0 Å². The maximum absolute atomic E-state index is 13.6. The summed E-state index contributed by atoms with van der Waals surface area (Å²) in [6.45, 7) is 2.71. The predicted molar refractivity (Wildman–Crippen MR) is 135 cm³/mol. The second-order valence-corrected chi connectivity index (χ2v) is 10.3. The van der Waals surface area contributed by atoms with E-state index in [0.29, 0.717) is 17.1 Å². The third kappa shape index (κ3) is 6.55. The Bertz CT molecular complexity index is 1050. The molecular weight excluding hydrogens is 416 g/mol. The minimum absolute atomic E-state index is 0.319. The van der Waals surface area contributed by atoms with Crippen molar-refractivity contribution in [2.45, 2.75) is 76.0 Å². The van der Waals surface area contributed by atoms with Gasteiger partial charge in [0.2, 0.25) is 0 Å². The van der Waals surface area contributed by atoms with E-state index in [9.17, 15) is 8.42 Å². The molecule has 0 unspecified atom stereocenters. The molecule has 3 aromatic rings. The second kappa shape index (κ2) is 12.6. The normalized spacial score (nSPS) is 11.7. The number of anilines is 1. The van der Waals surface area contributed by atoms with E-state index >= 15 is 0 Å². The Labute approximate surface area is 193 Å². The lowest BCUT2D eigenvalue weighted by Gasteiger charge is -2.25. The van der Waals surface area contributed by atoms with E-state index in [-0.39, 0.29) is 0 Å². The fraction of sp³-hybridized carbons (Fsp3) is 0.444. The quantitative estimate of drug-likeness (QED) is 0.240. The molecule has 0 bridgehead atoms. The Balaban J connectivity index is 1.68. The number of hydrogen-bond acceptors (Lipinski definition) is 3. The lowest BCUT2D eigenvalue weighted by Crippen LogP contribution is -2.32. The Hall–Kier alpha value is -2.40. The van der Waals surface area contributed by atoms with Gasteiger partial charge in [-0.2, -0.15) is 0 Å². The lowest BCUT2D eigenvalue weighted by molar-refractivity contribution is 0.555. The molecule has 0 aliphatic carbocycles. The zero-order valence-electron chi connectivity index (χ0n) is 19.2. The highest BCUT2D eigenvalue weighted by Crippen LogP contribution is 2.30. The molecule has 2 aromatic carbocycles. The number of hydrogen-bond donors (Lipinski definition) is 0. The summed E-state index contributed by atoms with van der Waals surface area (Å²) in [6.07, 6.45) is 13.9. The summed E-state index contributed by atoms with van der Waals surface area (Å²) in [4.78, 5) is 4.82. The molecule has 0 aliphatic heterocycles. The maximum atomic E-state index is 13.6. The van der Waals surface area contributed by atoms with Gasteiger partial charge in [0.1, 0.15) is 0 Å². The van der Waals surface area contributed by atoms with Crippen LogP contribution in [-0.2, 0) is 10.0 Å². The summed E-state index contributed by atoms with van der Waals surface area (Å²) in [7, 11) is -3.66. The minimum atomic E-state index is -3.66. The molecule has 172 valence electrons. The molecule has 4 nitrogen and oxygen atoms in total. The van der Waals surface area contributed by atoms with Gasteiger partial charge >= 0.3 is 0 Å². The summed E-state index contributed by atoms with van der Waals surface area (Å²) < 4.78 is 28.7. The molecule has 0 N–H and O–H groups in total. The van der Waals surface area contributed by atoms with Crippen molar-refractivity contribution >= 4 is 26.6 Å². The highest BCUT2D eigenvalue weighted by Gasteiger charge is 2.26. The monoisotopic (exact) mass is 452 g/mol. The van der Waals surface area contributed by atoms with Crippen LogP contribution in [0.25, 0.3) is 10.9 Å². The van der Waals surface area contributed by atoms with Gasteiger partial charge in [-0.3, -0.25) is 9.29 Å². The van der Waals surface area contributed by atoms with E-state index in [1.807, 2.05) is 36.4 Å². The van der Waals surface area contributed by atoms with E-state index in [0.717, 1.165) is 30.2 Å². The first-order valence-corrected chi connectivity index (χ1v) is 13.5. The maximum Gasteiger partial charge on any atom is 0.264 e. The predicted octanol–water partition coefficient (Wildman–Crippen LogP) is 7.35. The molecule has 0 amide bonds. The number of sulfonamides is 1. The molecule has 0 saturated carbocycles. The van der Waals surface area contributed by atoms with Gasteiger partial charge in [-0.1, -0.05) is 101 Å². The third-order valence-corrected chi connectivity index (χ3v) is 7.75. The molecule has 3 rings (SSSR count). The standard InChI is InChI=1S/C27H36N2O2S/c1-2-3-4-5-6-7-8-9-10-14-23-29(32(30,31)25-19-12-11-13-20-25)26-21-15-17-24-18-16-22-28-27(24)26/h11-13,15-22H,2-10,14,23H2,1H3. The number of rotatable bonds is 14. The van der Waals surface area contributed by atoms with Crippen molar-refractivity contribution < 1.29 is 8.42 Å². The van der Waals surface area contributed by atoms with Gasteiger partial charge in [-0.15, -0.1) is 0 Å². The van der Waals surface area contributed by atoms with Gasteiger partial charge in [-0.25, -0.2) is 8.42 Å². The van der Waals surface area contributed by atoms with Gasteiger partial charge in [0, 0.05) is 18.1 Å². The van der Waals surface area contributed by atoms with Gasteiger partial charge in [0.05, 0.1) is 16.1 Å². The number of pyridine rings is 1. The van der Waals surface area contributed by atoms with Crippen molar-refractivity contribution in [2.24, 2.45) is 0 Å². The van der Waals surface area contributed by atoms with Gasteiger partial charge in [0.25, 0.3) is 10.0 Å². The average Bonchev–Trinajstić information content (AvgIpc) is 2.83. The summed E-state index contributed by atoms with van der Waals surface area (Å²) >= 11 is 0. The molecule has 0 saturated heterocycles. The van der Waals surface area contributed by atoms with Crippen molar-refractivity contribution in [3.05, 3.63) is 66.9 Å². The van der Waals surface area contributed by atoms with Crippen LogP contribution in [0.2, 0.25) is 0 Å². The van der Waals surface area contributed by atoms with E-state index in [1.54, 1.807) is 34.8 Å². The van der Waals surface area contributed by atoms with Crippen LogP contribution in [0.15, 0.2) is 71.8 Å². The minimum Gasteiger partial charge on any atom is -0.264 e. The summed E-state index contributed by atoms with van der Waals surface area (Å²) in [5, 5.41) is 0.946. The SMILES string of the molecule is CCCCCCCCCCCCN(c1cccc2cccnc12)S(=O)(=O)c1ccccc1. The Morgan fingerprint density at radius 2 is 1.34 bits per heavy atom. The van der Waals surface area contributed by atoms with Crippen LogP contribution in [0, 0.1) is 0 Å². The van der Waals surface area contributed by atoms with Crippen molar-refractivity contribution in [3.63, 3.8) is 0 Å². The molecule has 0 spiro atoms. The molecule has 0 aliphatic rings. The largest absolute Gasteiger partial charge is 0.264 e. The fourth-order valence-corrected chi connectivity index (χ4v) is 5.65. The first kappa shape index (κ1) is 24.2. The molecule has 0 fully saturated rings. The molecule has 0 radical (unpaired) electrons. The summed E-state index contributed by atoms with van der Waals surface area (Å²) in [5.74, 6) is 0. The topological polar surface area (TPSA) is 50.3 Å². The first-order valence-electron chi connectivity index (χ1n) is 12.1. The van der Waals surface area contributed by atoms with Crippen LogP contribution in [0.1, 0.15) is 71.1 Å². The molecule has 0 atom stereocenters. The van der Waals surface area contributed by atoms with E-state index in [2.05, 4.69) is 11.9 Å². The van der Waals surface area contributed by atoms with Crippen molar-refractivity contribution in [2.75, 3.05) is 10.8 Å². The third-order valence-electron chi connectivity index (χ3n) is 5.93. The number of nitrogens with zero attached hydrogens (tertiary/aromatic N) is 2. The van der Waals surface area contributed by atoms with Gasteiger partial charge in [0.15, 0.2) is 0 Å². The van der Waals surface area contributed by atoms with Crippen molar-refractivity contribution in [1.82, 2.24) is 4.98 Å². The van der Waals surface area contributed by atoms with Gasteiger partial charge in [-0.05, 0) is 30.7 Å². The fourth-order valence-electron chi connectivity index (χ4n) is 4.12. The number of unbranched alkanes of at least 4 members (excludes halogenated alkanes) is 9. The van der Waals surface area contributed by atoms with E-state index in [1.165, 1.54) is 44.9 Å². The zero-order valence-corrected chi connectivity index (χ0v) is 20.1. The van der Waals surface area contributed by atoms with Crippen LogP contribution >= 0.6 is 0 Å². The number of fused-ring (bicyclic) bond motifs is 1. The second-order valence-electron chi connectivity index (χ2n) is 8.42. The molecule has 1 heterocycles. The molecule has 32 heavy (non-hydrogen) atoms. The van der Waals surface area contributed by atoms with Crippen LogP contribution in [-0.4, -0.2) is 19.9 Å². The number of benzene rings is 2. The number of aromatic nitrogens is 1. The summed E-state index contributed by atoms with van der Waals surface area (Å²) in [5.41, 5.74) is 1.38. The molecule has 1 aromatic heterocycles. The highest BCUT2D eigenvalue weighted by atomic mass is 32.2. The lowest BCUT2D eigenvalue weighted by atomic mass is 10.1. The smallest absolute Gasteiger partial charge is 0.264 e. The Morgan fingerprint density at radius 3 is 2.03 bits per heavy atom. The Morgan fingerprint density at radius 1 is 0.719 bits per heavy atom. The van der Waals surface area contributed by atoms with Crippen molar-refractivity contribution in [3.8, 4) is 0 Å². The van der Waals surface area contributed by atoms with Crippen LogP contribution in [0.4, 0.5) is 5.69 Å². The van der Waals surface area contributed by atoms with E-state index in [4.69, 9.17) is 0 Å². The highest BCUT2D eigenvalue weighted by molar-refractivity contribution is 7.92. The van der Waals surface area contributed by atoms with E-state index < -0.39 is 10.0 Å². The van der Waals surface area contributed by atoms with Crippen molar-refractivity contribution in [1.29, 1.82) is 0 Å².